The molecule has 2 aromatic heterocycles. The Hall–Kier alpha value is -3.39. The summed E-state index contributed by atoms with van der Waals surface area (Å²) in [7, 11) is 3.71. The van der Waals surface area contributed by atoms with Gasteiger partial charge < -0.3 is 14.5 Å². The predicted octanol–water partition coefficient (Wildman–Crippen LogP) is 2.89. The molecule has 7 nitrogen and oxygen atoms in total. The van der Waals surface area contributed by atoms with Crippen LogP contribution in [0.4, 0.5) is 10.3 Å². The normalized spacial score (nSPS) is 16.2. The molecule has 3 aromatic rings. The van der Waals surface area contributed by atoms with Crippen LogP contribution in [0, 0.1) is 5.82 Å². The van der Waals surface area contributed by atoms with Crippen LogP contribution >= 0.6 is 0 Å². The molecule has 1 aliphatic heterocycles. The van der Waals surface area contributed by atoms with Crippen LogP contribution in [0.25, 0.3) is 11.1 Å². The van der Waals surface area contributed by atoms with Gasteiger partial charge in [-0.15, -0.1) is 0 Å². The molecule has 8 heteroatoms. The molecule has 1 saturated heterocycles. The fraction of sp³-hybridized carbons (Fsp3) is 0.304. The minimum absolute atomic E-state index is 0.0128. The highest BCUT2D eigenvalue weighted by molar-refractivity contribution is 5.78. The van der Waals surface area contributed by atoms with E-state index < -0.39 is 6.10 Å². The molecule has 0 unspecified atom stereocenters. The Labute approximate surface area is 180 Å². The highest BCUT2D eigenvalue weighted by Gasteiger charge is 2.29. The zero-order chi connectivity index (χ0) is 21.8. The molecule has 0 bridgehead atoms. The van der Waals surface area contributed by atoms with Crippen molar-refractivity contribution in [3.8, 4) is 11.1 Å². The van der Waals surface area contributed by atoms with Gasteiger partial charge in [0, 0.05) is 44.3 Å². The molecular weight excluding hydrogens is 397 g/mol. The van der Waals surface area contributed by atoms with Gasteiger partial charge in [-0.3, -0.25) is 9.78 Å². The van der Waals surface area contributed by atoms with Crippen LogP contribution in [0.1, 0.15) is 17.5 Å². The van der Waals surface area contributed by atoms with E-state index in [9.17, 15) is 9.18 Å². The summed E-state index contributed by atoms with van der Waals surface area (Å²) in [6.07, 6.45) is 3.16. The Balaban J connectivity index is 1.62. The predicted molar refractivity (Wildman–Crippen MR) is 115 cm³/mol. The van der Waals surface area contributed by atoms with Gasteiger partial charge in [-0.2, -0.15) is 0 Å². The van der Waals surface area contributed by atoms with E-state index >= 15 is 0 Å². The number of carbonyl (C=O) groups is 1. The fourth-order valence-corrected chi connectivity index (χ4v) is 3.54. The van der Waals surface area contributed by atoms with Crippen LogP contribution < -0.4 is 4.90 Å². The second-order valence-electron chi connectivity index (χ2n) is 7.57. The second-order valence-corrected chi connectivity index (χ2v) is 7.57. The van der Waals surface area contributed by atoms with Crippen LogP contribution in [0.15, 0.2) is 54.9 Å². The number of amides is 1. The Bertz CT molecular complexity index is 1060. The van der Waals surface area contributed by atoms with E-state index in [1.165, 1.54) is 12.1 Å². The van der Waals surface area contributed by atoms with Crippen LogP contribution in [-0.2, 0) is 16.0 Å². The smallest absolute Gasteiger partial charge is 0.228 e. The van der Waals surface area contributed by atoms with Gasteiger partial charge in [0.05, 0.1) is 25.3 Å². The van der Waals surface area contributed by atoms with E-state index in [4.69, 9.17) is 9.72 Å². The lowest BCUT2D eigenvalue weighted by atomic mass is 10.0. The van der Waals surface area contributed by atoms with Gasteiger partial charge in [0.1, 0.15) is 11.9 Å². The van der Waals surface area contributed by atoms with Crippen molar-refractivity contribution in [2.75, 3.05) is 38.7 Å². The van der Waals surface area contributed by atoms with Crippen LogP contribution in [0.2, 0.25) is 0 Å². The molecule has 160 valence electrons. The first-order chi connectivity index (χ1) is 15.0. The van der Waals surface area contributed by atoms with Crippen molar-refractivity contribution in [1.82, 2.24) is 19.9 Å². The number of nitrogens with zero attached hydrogens (tertiary/aromatic N) is 5. The summed E-state index contributed by atoms with van der Waals surface area (Å²) in [6, 6.07) is 11.8. The largest absolute Gasteiger partial charge is 0.368 e. The van der Waals surface area contributed by atoms with Crippen molar-refractivity contribution in [3.63, 3.8) is 0 Å². The lowest BCUT2D eigenvalue weighted by molar-refractivity contribution is -0.138. The zero-order valence-corrected chi connectivity index (χ0v) is 17.5. The second kappa shape index (κ2) is 9.18. The standard InChI is InChI=1S/C23H24FN5O2/c1-28(2)23-26-14-19(16-6-5-7-17(24)12-16)22(27-23)20-15-29(10-11-31-20)21(30)13-18-8-3-4-9-25-18/h3-9,12,14,20H,10-11,13,15H2,1-2H3/t20-/m1/s1. The maximum absolute atomic E-state index is 13.9. The summed E-state index contributed by atoms with van der Waals surface area (Å²) >= 11 is 0. The number of morpholine rings is 1. The Morgan fingerprint density at radius 3 is 2.84 bits per heavy atom. The van der Waals surface area contributed by atoms with Gasteiger partial charge in [0.15, 0.2) is 0 Å². The first-order valence-corrected chi connectivity index (χ1v) is 10.1. The number of benzene rings is 1. The van der Waals surface area contributed by atoms with E-state index in [0.29, 0.717) is 42.5 Å². The molecule has 31 heavy (non-hydrogen) atoms. The van der Waals surface area contributed by atoms with Crippen molar-refractivity contribution < 1.29 is 13.9 Å². The molecule has 0 saturated carbocycles. The van der Waals surface area contributed by atoms with E-state index in [2.05, 4.69) is 9.97 Å². The van der Waals surface area contributed by atoms with E-state index in [1.54, 1.807) is 28.3 Å². The SMILES string of the molecule is CN(C)c1ncc(-c2cccc(F)c2)c([C@H]2CN(C(=O)Cc3ccccn3)CCO2)n1. The Kier molecular flexibility index (Phi) is 6.18. The Morgan fingerprint density at radius 2 is 2.10 bits per heavy atom. The average Bonchev–Trinajstić information content (AvgIpc) is 2.79. The number of rotatable bonds is 5. The van der Waals surface area contributed by atoms with Gasteiger partial charge >= 0.3 is 0 Å². The quantitative estimate of drug-likeness (QED) is 0.631. The number of hydrogen-bond donors (Lipinski definition) is 0. The van der Waals surface area contributed by atoms with Crippen molar-refractivity contribution in [2.45, 2.75) is 12.5 Å². The number of hydrogen-bond acceptors (Lipinski definition) is 6. The van der Waals surface area contributed by atoms with Crippen molar-refractivity contribution in [2.24, 2.45) is 0 Å². The third kappa shape index (κ3) is 4.86. The number of anilines is 1. The summed E-state index contributed by atoms with van der Waals surface area (Å²) < 4.78 is 19.9. The third-order valence-electron chi connectivity index (χ3n) is 5.12. The highest BCUT2D eigenvalue weighted by Crippen LogP contribution is 2.32. The monoisotopic (exact) mass is 421 g/mol. The minimum atomic E-state index is -0.443. The summed E-state index contributed by atoms with van der Waals surface area (Å²) in [6.45, 7) is 1.25. The highest BCUT2D eigenvalue weighted by atomic mass is 19.1. The molecule has 4 rings (SSSR count). The van der Waals surface area contributed by atoms with Crippen molar-refractivity contribution in [1.29, 1.82) is 0 Å². The van der Waals surface area contributed by atoms with E-state index in [0.717, 1.165) is 5.69 Å². The van der Waals surface area contributed by atoms with E-state index in [-0.39, 0.29) is 18.1 Å². The van der Waals surface area contributed by atoms with Gasteiger partial charge in [0.2, 0.25) is 11.9 Å². The number of ether oxygens (including phenoxy) is 1. The Morgan fingerprint density at radius 1 is 1.23 bits per heavy atom. The van der Waals surface area contributed by atoms with Crippen LogP contribution in [0.3, 0.4) is 0 Å². The van der Waals surface area contributed by atoms with E-state index in [1.807, 2.05) is 38.4 Å². The maximum atomic E-state index is 13.9. The molecule has 1 amide bonds. The number of pyridine rings is 1. The van der Waals surface area contributed by atoms with Crippen molar-refractivity contribution >= 4 is 11.9 Å². The molecule has 1 aliphatic rings. The van der Waals surface area contributed by atoms with Gasteiger partial charge in [-0.1, -0.05) is 18.2 Å². The summed E-state index contributed by atoms with van der Waals surface area (Å²) in [4.78, 5) is 29.8. The summed E-state index contributed by atoms with van der Waals surface area (Å²) in [5, 5.41) is 0. The topological polar surface area (TPSA) is 71.5 Å². The fourth-order valence-electron chi connectivity index (χ4n) is 3.54. The lowest BCUT2D eigenvalue weighted by Gasteiger charge is -2.33. The first kappa shape index (κ1) is 20.9. The molecular formula is C23H24FN5O2. The molecule has 1 aromatic carbocycles. The number of aromatic nitrogens is 3. The average molecular weight is 421 g/mol. The van der Waals surface area contributed by atoms with Gasteiger partial charge in [-0.05, 0) is 29.8 Å². The number of carbonyl (C=O) groups excluding carboxylic acids is 1. The van der Waals surface area contributed by atoms with Crippen LogP contribution in [-0.4, -0.2) is 59.6 Å². The van der Waals surface area contributed by atoms with Crippen LogP contribution in [0.5, 0.6) is 0 Å². The molecule has 0 aliphatic carbocycles. The summed E-state index contributed by atoms with van der Waals surface area (Å²) in [5.41, 5.74) is 2.72. The molecule has 1 fully saturated rings. The maximum Gasteiger partial charge on any atom is 0.228 e. The molecule has 0 spiro atoms. The first-order valence-electron chi connectivity index (χ1n) is 10.1. The molecule has 1 atom stereocenters. The molecule has 0 N–H and O–H groups in total. The summed E-state index contributed by atoms with van der Waals surface area (Å²) in [5.74, 6) is 0.175. The molecule has 0 radical (unpaired) electrons. The minimum Gasteiger partial charge on any atom is -0.368 e. The van der Waals surface area contributed by atoms with Gasteiger partial charge in [0.25, 0.3) is 0 Å². The van der Waals surface area contributed by atoms with Gasteiger partial charge in [-0.25, -0.2) is 14.4 Å². The number of halogens is 1. The zero-order valence-electron chi connectivity index (χ0n) is 17.5. The molecule has 3 heterocycles. The third-order valence-corrected chi connectivity index (χ3v) is 5.12. The lowest BCUT2D eigenvalue weighted by Crippen LogP contribution is -2.43. The van der Waals surface area contributed by atoms with Crippen molar-refractivity contribution in [3.05, 3.63) is 72.1 Å².